The van der Waals surface area contributed by atoms with Crippen LogP contribution in [0.15, 0.2) is 111 Å². The van der Waals surface area contributed by atoms with E-state index in [1.165, 1.54) is 35.1 Å². The highest BCUT2D eigenvalue weighted by atomic mass is 32.1. The molecule has 1 N–H and O–H groups in total. The van der Waals surface area contributed by atoms with Crippen LogP contribution in [-0.2, 0) is 9.53 Å². The van der Waals surface area contributed by atoms with E-state index in [0.29, 0.717) is 49.0 Å². The molecule has 0 unspecified atom stereocenters. The van der Waals surface area contributed by atoms with Gasteiger partial charge in [-0.25, -0.2) is 14.6 Å². The lowest BCUT2D eigenvalue weighted by atomic mass is 9.92. The lowest BCUT2D eigenvalue weighted by Crippen LogP contribution is -2.40. The molecule has 1 aliphatic heterocycles. The number of aromatic nitrogens is 1. The summed E-state index contributed by atoms with van der Waals surface area (Å²) in [7, 11) is 1.54. The van der Waals surface area contributed by atoms with Gasteiger partial charge >= 0.3 is 11.9 Å². The Bertz CT molecular complexity index is 2090. The van der Waals surface area contributed by atoms with Crippen molar-refractivity contribution in [3.63, 3.8) is 0 Å². The molecule has 0 spiro atoms. The third-order valence-corrected chi connectivity index (χ3v) is 8.11. The number of fused-ring (bicyclic) bond motifs is 1. The van der Waals surface area contributed by atoms with Gasteiger partial charge in [0.05, 0.1) is 35.1 Å². The number of esters is 1. The molecule has 1 atom stereocenters. The molecule has 0 radical (unpaired) electrons. The quantitative estimate of drug-likeness (QED) is 0.250. The van der Waals surface area contributed by atoms with Gasteiger partial charge < -0.3 is 19.0 Å². The monoisotopic (exact) mass is 606 g/mol. The van der Waals surface area contributed by atoms with E-state index in [-0.39, 0.29) is 23.3 Å². The smallest absolute Gasteiger partial charge is 0.338 e. The first-order valence-corrected chi connectivity index (χ1v) is 14.6. The van der Waals surface area contributed by atoms with Crippen LogP contribution in [0.25, 0.3) is 23.1 Å². The summed E-state index contributed by atoms with van der Waals surface area (Å²) in [4.78, 5) is 44.2. The Hall–Kier alpha value is -5.48. The number of furan rings is 1. The molecule has 0 bridgehead atoms. The molecule has 5 aromatic rings. The van der Waals surface area contributed by atoms with Gasteiger partial charge in [-0.1, -0.05) is 72.0 Å². The first-order valence-electron chi connectivity index (χ1n) is 13.7. The zero-order valence-electron chi connectivity index (χ0n) is 23.7. The first kappa shape index (κ1) is 28.6. The van der Waals surface area contributed by atoms with Crippen LogP contribution in [0, 0.1) is 0 Å². The Kier molecular flexibility index (Phi) is 7.82. The van der Waals surface area contributed by atoms with E-state index >= 15 is 0 Å². The Labute approximate surface area is 255 Å². The summed E-state index contributed by atoms with van der Waals surface area (Å²) >= 11 is 1.18. The fraction of sp³-hybridized carbons (Fsp3) is 0.118. The summed E-state index contributed by atoms with van der Waals surface area (Å²) in [5.41, 5.74) is 2.46. The summed E-state index contributed by atoms with van der Waals surface area (Å²) in [6, 6.07) is 25.5. The number of carbonyl (C=O) groups excluding carboxylic acids is 1. The molecule has 3 aromatic carbocycles. The molecule has 220 valence electrons. The molecule has 1 aliphatic rings. The lowest BCUT2D eigenvalue weighted by Gasteiger charge is -2.27. The highest BCUT2D eigenvalue weighted by Crippen LogP contribution is 2.38. The Morgan fingerprint density at radius 2 is 1.70 bits per heavy atom. The number of nitrogens with zero attached hydrogens (tertiary/aromatic N) is 2. The van der Waals surface area contributed by atoms with E-state index in [2.05, 4.69) is 0 Å². The minimum Gasteiger partial charge on any atom is -0.496 e. The molecule has 3 heterocycles. The van der Waals surface area contributed by atoms with Crippen LogP contribution in [0.2, 0.25) is 0 Å². The molecule has 2 aromatic heterocycles. The zero-order chi connectivity index (χ0) is 30.8. The van der Waals surface area contributed by atoms with E-state index < -0.39 is 18.0 Å². The van der Waals surface area contributed by atoms with Gasteiger partial charge in [-0.2, -0.15) is 0 Å². The average Bonchev–Trinajstić information content (AvgIpc) is 3.64. The minimum atomic E-state index is -1.01. The number of ether oxygens (including phenoxy) is 2. The number of rotatable bonds is 8. The molecule has 0 saturated heterocycles. The molecular formula is C34H26N2O7S. The topological polar surface area (TPSA) is 120 Å². The van der Waals surface area contributed by atoms with Crippen LogP contribution < -0.4 is 19.6 Å². The van der Waals surface area contributed by atoms with E-state index in [4.69, 9.17) is 18.9 Å². The molecule has 9 nitrogen and oxygen atoms in total. The third-order valence-electron chi connectivity index (χ3n) is 7.12. The normalized spacial score (nSPS) is 14.6. The van der Waals surface area contributed by atoms with Crippen molar-refractivity contribution in [2.24, 2.45) is 4.99 Å². The van der Waals surface area contributed by atoms with E-state index in [9.17, 15) is 19.5 Å². The van der Waals surface area contributed by atoms with Crippen molar-refractivity contribution >= 4 is 35.0 Å². The van der Waals surface area contributed by atoms with Crippen molar-refractivity contribution in [3.05, 3.63) is 139 Å². The van der Waals surface area contributed by atoms with Gasteiger partial charge in [-0.05, 0) is 37.3 Å². The minimum absolute atomic E-state index is 0.146. The van der Waals surface area contributed by atoms with Crippen LogP contribution in [0.1, 0.15) is 40.2 Å². The second-order valence-electron chi connectivity index (χ2n) is 9.76. The summed E-state index contributed by atoms with van der Waals surface area (Å²) in [5.74, 6) is -0.143. The van der Waals surface area contributed by atoms with Crippen molar-refractivity contribution < 1.29 is 28.6 Å². The van der Waals surface area contributed by atoms with Gasteiger partial charge in [0.2, 0.25) is 0 Å². The highest BCUT2D eigenvalue weighted by Gasteiger charge is 2.36. The Balaban J connectivity index is 1.54. The number of thiazole rings is 1. The molecular weight excluding hydrogens is 580 g/mol. The van der Waals surface area contributed by atoms with Crippen molar-refractivity contribution in [3.8, 4) is 17.1 Å². The summed E-state index contributed by atoms with van der Waals surface area (Å²) < 4.78 is 19.1. The van der Waals surface area contributed by atoms with Crippen LogP contribution in [0.4, 0.5) is 0 Å². The van der Waals surface area contributed by atoms with E-state index in [1.54, 1.807) is 43.3 Å². The summed E-state index contributed by atoms with van der Waals surface area (Å²) in [5, 5.41) is 9.18. The van der Waals surface area contributed by atoms with Crippen LogP contribution >= 0.6 is 11.3 Å². The van der Waals surface area contributed by atoms with Crippen LogP contribution in [-0.4, -0.2) is 35.3 Å². The fourth-order valence-corrected chi connectivity index (χ4v) is 6.10. The van der Waals surface area contributed by atoms with Gasteiger partial charge in [0.1, 0.15) is 23.3 Å². The SMILES string of the molecule is CCOC(=O)C1=C(c2ccccc2)N=c2s/c(=C/c3ccc(-c4ccc(C(=O)O)cc4)o3)c(=O)n2[C@@H]1c1ccccc1OC. The van der Waals surface area contributed by atoms with Crippen molar-refractivity contribution in [2.45, 2.75) is 13.0 Å². The van der Waals surface area contributed by atoms with Crippen molar-refractivity contribution in [1.29, 1.82) is 0 Å². The molecule has 0 saturated carbocycles. The second kappa shape index (κ2) is 12.0. The second-order valence-corrected chi connectivity index (χ2v) is 10.8. The number of hydrogen-bond acceptors (Lipinski definition) is 8. The summed E-state index contributed by atoms with van der Waals surface area (Å²) in [6.45, 7) is 1.87. The largest absolute Gasteiger partial charge is 0.496 e. The highest BCUT2D eigenvalue weighted by molar-refractivity contribution is 7.07. The van der Waals surface area contributed by atoms with Crippen molar-refractivity contribution in [2.75, 3.05) is 13.7 Å². The van der Waals surface area contributed by atoms with Crippen molar-refractivity contribution in [1.82, 2.24) is 4.57 Å². The zero-order valence-corrected chi connectivity index (χ0v) is 24.5. The first-order chi connectivity index (χ1) is 21.4. The number of methoxy groups -OCH3 is 1. The molecule has 44 heavy (non-hydrogen) atoms. The number of hydrogen-bond donors (Lipinski definition) is 1. The molecule has 0 amide bonds. The lowest BCUT2D eigenvalue weighted by molar-refractivity contribution is -0.138. The molecule has 0 fully saturated rings. The maximum Gasteiger partial charge on any atom is 0.338 e. The fourth-order valence-electron chi connectivity index (χ4n) is 5.12. The average molecular weight is 607 g/mol. The van der Waals surface area contributed by atoms with Gasteiger partial charge in [-0.3, -0.25) is 9.36 Å². The third kappa shape index (κ3) is 5.27. The summed E-state index contributed by atoms with van der Waals surface area (Å²) in [6.07, 6.45) is 1.63. The Morgan fingerprint density at radius 3 is 2.41 bits per heavy atom. The number of carboxylic acids is 1. The Morgan fingerprint density at radius 1 is 0.977 bits per heavy atom. The van der Waals surface area contributed by atoms with Gasteiger partial charge in [0.15, 0.2) is 4.80 Å². The molecule has 10 heteroatoms. The standard InChI is InChI=1S/C34H26N2O7S/c1-3-42-33(40)28-29(21-9-5-4-6-10-21)35-34-36(30(28)24-11-7-8-12-26(24)41-2)31(37)27(44-34)19-23-17-18-25(43-23)20-13-15-22(16-14-20)32(38)39/h4-19,30H,3H2,1-2H3,(H,38,39)/b27-19+/t30-/m1/s1. The molecule has 0 aliphatic carbocycles. The van der Waals surface area contributed by atoms with Gasteiger partial charge in [0.25, 0.3) is 5.56 Å². The predicted octanol–water partition coefficient (Wildman–Crippen LogP) is 4.90. The van der Waals surface area contributed by atoms with Gasteiger partial charge in [-0.15, -0.1) is 0 Å². The number of para-hydroxylation sites is 1. The maximum atomic E-state index is 14.1. The number of carboxylic acid groups (broad SMARTS) is 1. The van der Waals surface area contributed by atoms with E-state index in [1.807, 2.05) is 48.5 Å². The predicted molar refractivity (Wildman–Crippen MR) is 165 cm³/mol. The maximum absolute atomic E-state index is 14.1. The van der Waals surface area contributed by atoms with Gasteiger partial charge in [0, 0.05) is 22.8 Å². The number of benzene rings is 3. The van der Waals surface area contributed by atoms with Crippen LogP contribution in [0.3, 0.4) is 0 Å². The van der Waals surface area contributed by atoms with E-state index in [0.717, 1.165) is 0 Å². The van der Waals surface area contributed by atoms with Crippen LogP contribution in [0.5, 0.6) is 5.75 Å². The number of carbonyl (C=O) groups is 2. The molecule has 6 rings (SSSR count). The number of aromatic carboxylic acids is 1.